The molecule has 1 fully saturated rings. The predicted molar refractivity (Wildman–Crippen MR) is 37.8 cm³/mol. The SMILES string of the molecule is CC1CNC(C)(C(=O)O)C1. The van der Waals surface area contributed by atoms with Crippen molar-refractivity contribution in [2.24, 2.45) is 5.92 Å². The number of rotatable bonds is 1. The summed E-state index contributed by atoms with van der Waals surface area (Å²) in [5, 5.41) is 11.7. The molecule has 0 aliphatic carbocycles. The van der Waals surface area contributed by atoms with Crippen molar-refractivity contribution in [3.05, 3.63) is 0 Å². The lowest BCUT2D eigenvalue weighted by atomic mass is 9.96. The summed E-state index contributed by atoms with van der Waals surface area (Å²) in [4.78, 5) is 10.6. The van der Waals surface area contributed by atoms with Gasteiger partial charge in [-0.15, -0.1) is 0 Å². The van der Waals surface area contributed by atoms with Crippen LogP contribution in [0, 0.1) is 5.92 Å². The standard InChI is InChI=1S/C7H13NO2/c1-5-3-7(2,6(9)10)8-4-5/h5,8H,3-4H2,1-2H3,(H,9,10). The van der Waals surface area contributed by atoms with Crippen molar-refractivity contribution < 1.29 is 9.90 Å². The van der Waals surface area contributed by atoms with Gasteiger partial charge in [0.15, 0.2) is 0 Å². The first-order chi connectivity index (χ1) is 4.54. The third-order valence-corrected chi connectivity index (χ3v) is 2.07. The Hall–Kier alpha value is -0.570. The van der Waals surface area contributed by atoms with Crippen LogP contribution in [0.3, 0.4) is 0 Å². The first-order valence-electron chi connectivity index (χ1n) is 3.53. The molecule has 1 aliphatic rings. The van der Waals surface area contributed by atoms with Crippen LogP contribution in [0.4, 0.5) is 0 Å². The molecule has 0 aromatic carbocycles. The summed E-state index contributed by atoms with van der Waals surface area (Å²) in [6.45, 7) is 4.61. The molecule has 2 atom stereocenters. The Morgan fingerprint density at radius 2 is 2.40 bits per heavy atom. The second-order valence-corrected chi connectivity index (χ2v) is 3.33. The maximum absolute atomic E-state index is 10.6. The van der Waals surface area contributed by atoms with Crippen LogP contribution in [-0.2, 0) is 4.79 Å². The highest BCUT2D eigenvalue weighted by atomic mass is 16.4. The lowest BCUT2D eigenvalue weighted by Gasteiger charge is -2.17. The van der Waals surface area contributed by atoms with E-state index in [9.17, 15) is 4.79 Å². The molecule has 1 heterocycles. The van der Waals surface area contributed by atoms with Crippen LogP contribution < -0.4 is 5.32 Å². The molecule has 3 heteroatoms. The third kappa shape index (κ3) is 1.14. The Labute approximate surface area is 60.4 Å². The van der Waals surface area contributed by atoms with Gasteiger partial charge < -0.3 is 10.4 Å². The summed E-state index contributed by atoms with van der Waals surface area (Å²) >= 11 is 0. The highest BCUT2D eigenvalue weighted by molar-refractivity contribution is 5.78. The van der Waals surface area contributed by atoms with Crippen molar-refractivity contribution in [1.29, 1.82) is 0 Å². The molecular formula is C7H13NO2. The number of hydrogen-bond acceptors (Lipinski definition) is 2. The lowest BCUT2D eigenvalue weighted by Crippen LogP contribution is -2.44. The van der Waals surface area contributed by atoms with E-state index < -0.39 is 11.5 Å². The van der Waals surface area contributed by atoms with Gasteiger partial charge in [-0.05, 0) is 25.8 Å². The third-order valence-electron chi connectivity index (χ3n) is 2.07. The number of carboxylic acids is 1. The molecule has 2 unspecified atom stereocenters. The molecule has 10 heavy (non-hydrogen) atoms. The van der Waals surface area contributed by atoms with Gasteiger partial charge in [0.2, 0.25) is 0 Å². The number of hydrogen-bond donors (Lipinski definition) is 2. The van der Waals surface area contributed by atoms with E-state index in [-0.39, 0.29) is 0 Å². The summed E-state index contributed by atoms with van der Waals surface area (Å²) in [7, 11) is 0. The molecule has 0 aromatic rings. The molecule has 0 amide bonds. The molecule has 2 N–H and O–H groups in total. The molecule has 1 saturated heterocycles. The molecule has 3 nitrogen and oxygen atoms in total. The van der Waals surface area contributed by atoms with E-state index in [2.05, 4.69) is 12.2 Å². The van der Waals surface area contributed by atoms with Crippen LogP contribution in [0.2, 0.25) is 0 Å². The fourth-order valence-electron chi connectivity index (χ4n) is 1.40. The van der Waals surface area contributed by atoms with Gasteiger partial charge in [-0.3, -0.25) is 4.79 Å². The van der Waals surface area contributed by atoms with Crippen molar-refractivity contribution in [3.8, 4) is 0 Å². The topological polar surface area (TPSA) is 49.3 Å². The summed E-state index contributed by atoms with van der Waals surface area (Å²) < 4.78 is 0. The molecule has 1 rings (SSSR count). The molecule has 0 spiro atoms. The molecular weight excluding hydrogens is 130 g/mol. The van der Waals surface area contributed by atoms with Gasteiger partial charge in [-0.2, -0.15) is 0 Å². The van der Waals surface area contributed by atoms with Crippen LogP contribution in [0.15, 0.2) is 0 Å². The fourth-order valence-corrected chi connectivity index (χ4v) is 1.40. The zero-order valence-corrected chi connectivity index (χ0v) is 6.35. The van der Waals surface area contributed by atoms with Gasteiger partial charge in [0.05, 0.1) is 0 Å². The summed E-state index contributed by atoms with van der Waals surface area (Å²) in [5.74, 6) is -0.252. The maximum atomic E-state index is 10.6. The van der Waals surface area contributed by atoms with Gasteiger partial charge in [-0.1, -0.05) is 6.92 Å². The second-order valence-electron chi connectivity index (χ2n) is 3.33. The molecule has 0 radical (unpaired) electrons. The van der Waals surface area contributed by atoms with E-state index in [0.717, 1.165) is 13.0 Å². The minimum atomic E-state index is -0.739. The quantitative estimate of drug-likeness (QED) is 0.560. The van der Waals surface area contributed by atoms with E-state index in [1.54, 1.807) is 6.92 Å². The number of carbonyl (C=O) groups is 1. The van der Waals surface area contributed by atoms with E-state index in [1.165, 1.54) is 0 Å². The van der Waals surface area contributed by atoms with Crippen molar-refractivity contribution in [3.63, 3.8) is 0 Å². The summed E-state index contributed by atoms with van der Waals surface area (Å²) in [6, 6.07) is 0. The zero-order valence-electron chi connectivity index (χ0n) is 6.35. The molecule has 58 valence electrons. The fraction of sp³-hybridized carbons (Fsp3) is 0.857. The highest BCUT2D eigenvalue weighted by Crippen LogP contribution is 2.23. The Morgan fingerprint density at radius 1 is 1.80 bits per heavy atom. The predicted octanol–water partition coefficient (Wildman–Crippen LogP) is 0.459. The monoisotopic (exact) mass is 143 g/mol. The number of carboxylic acid groups (broad SMARTS) is 1. The van der Waals surface area contributed by atoms with Gasteiger partial charge in [0.1, 0.15) is 5.54 Å². The zero-order chi connectivity index (χ0) is 7.78. The first-order valence-corrected chi connectivity index (χ1v) is 3.53. The minimum Gasteiger partial charge on any atom is -0.480 e. The average molecular weight is 143 g/mol. The average Bonchev–Trinajstić information content (AvgIpc) is 2.13. The van der Waals surface area contributed by atoms with Crippen LogP contribution in [0.5, 0.6) is 0 Å². The molecule has 1 aliphatic heterocycles. The largest absolute Gasteiger partial charge is 0.480 e. The van der Waals surface area contributed by atoms with Gasteiger partial charge >= 0.3 is 5.97 Å². The van der Waals surface area contributed by atoms with E-state index in [4.69, 9.17) is 5.11 Å². The van der Waals surface area contributed by atoms with Crippen LogP contribution in [-0.4, -0.2) is 23.2 Å². The molecule has 0 saturated carbocycles. The second kappa shape index (κ2) is 2.23. The van der Waals surface area contributed by atoms with Crippen molar-refractivity contribution >= 4 is 5.97 Å². The van der Waals surface area contributed by atoms with Crippen LogP contribution in [0.1, 0.15) is 20.3 Å². The van der Waals surface area contributed by atoms with Gasteiger partial charge in [0, 0.05) is 0 Å². The first kappa shape index (κ1) is 7.54. The molecule has 0 aromatic heterocycles. The van der Waals surface area contributed by atoms with Crippen molar-refractivity contribution in [2.75, 3.05) is 6.54 Å². The maximum Gasteiger partial charge on any atom is 0.323 e. The van der Waals surface area contributed by atoms with Crippen molar-refractivity contribution in [1.82, 2.24) is 5.32 Å². The van der Waals surface area contributed by atoms with Crippen LogP contribution in [0.25, 0.3) is 0 Å². The highest BCUT2D eigenvalue weighted by Gasteiger charge is 2.38. The Morgan fingerprint density at radius 3 is 2.60 bits per heavy atom. The van der Waals surface area contributed by atoms with Gasteiger partial charge in [0.25, 0.3) is 0 Å². The van der Waals surface area contributed by atoms with Crippen LogP contribution >= 0.6 is 0 Å². The number of nitrogens with one attached hydrogen (secondary N) is 1. The normalized spacial score (nSPS) is 40.0. The van der Waals surface area contributed by atoms with E-state index in [1.807, 2.05) is 0 Å². The van der Waals surface area contributed by atoms with Gasteiger partial charge in [-0.25, -0.2) is 0 Å². The van der Waals surface area contributed by atoms with Crippen molar-refractivity contribution in [2.45, 2.75) is 25.8 Å². The van der Waals surface area contributed by atoms with E-state index >= 15 is 0 Å². The summed E-state index contributed by atoms with van der Waals surface area (Å²) in [5.41, 5.74) is -0.667. The van der Waals surface area contributed by atoms with E-state index in [0.29, 0.717) is 5.92 Å². The minimum absolute atomic E-state index is 0.487. The smallest absolute Gasteiger partial charge is 0.323 e. The Kier molecular flexibility index (Phi) is 1.68. The lowest BCUT2D eigenvalue weighted by molar-refractivity contribution is -0.143. The summed E-state index contributed by atoms with van der Waals surface area (Å²) in [6.07, 6.45) is 0.738. The molecule has 0 bridgehead atoms. The Balaban J connectivity index is 2.63. The number of aliphatic carboxylic acids is 1. The Bertz CT molecular complexity index is 158.